The quantitative estimate of drug-likeness (QED) is 0.710. The molecule has 0 spiro atoms. The number of imidazole rings is 1. The van der Waals surface area contributed by atoms with Crippen molar-refractivity contribution in [2.75, 3.05) is 19.6 Å². The smallest absolute Gasteiger partial charge is 0.112 e. The number of hydrogen-bond donors (Lipinski definition) is 0. The van der Waals surface area contributed by atoms with Gasteiger partial charge in [-0.3, -0.25) is 0 Å². The highest BCUT2D eigenvalue weighted by molar-refractivity contribution is 6.31. The van der Waals surface area contributed by atoms with Crippen molar-refractivity contribution in [3.05, 3.63) is 35.5 Å². The van der Waals surface area contributed by atoms with Crippen molar-refractivity contribution in [2.45, 2.75) is 63.8 Å². The van der Waals surface area contributed by atoms with Gasteiger partial charge in [-0.25, -0.2) is 4.98 Å². The third kappa shape index (κ3) is 4.03. The molecule has 3 nitrogen and oxygen atoms in total. The molecule has 0 N–H and O–H groups in total. The number of likely N-dealkylation sites (tertiary alicyclic amines) is 1. The summed E-state index contributed by atoms with van der Waals surface area (Å²) >= 11 is 6.21. The minimum absolute atomic E-state index is 0.629. The van der Waals surface area contributed by atoms with Crippen LogP contribution in [0.5, 0.6) is 0 Å². The molecule has 4 rings (SSSR count). The fraction of sp³-hybridized carbons (Fsp3) is 0.619. The second-order valence-corrected chi connectivity index (χ2v) is 8.09. The summed E-state index contributed by atoms with van der Waals surface area (Å²) in [6.45, 7) is 4.74. The maximum Gasteiger partial charge on any atom is 0.112 e. The van der Waals surface area contributed by atoms with Crippen molar-refractivity contribution < 1.29 is 0 Å². The number of hydrogen-bond acceptors (Lipinski definition) is 2. The summed E-state index contributed by atoms with van der Waals surface area (Å²) < 4.78 is 2.50. The van der Waals surface area contributed by atoms with E-state index in [1.807, 2.05) is 12.1 Å². The van der Waals surface area contributed by atoms with E-state index in [4.69, 9.17) is 16.6 Å². The van der Waals surface area contributed by atoms with Crippen molar-refractivity contribution in [3.8, 4) is 0 Å². The van der Waals surface area contributed by atoms with Crippen molar-refractivity contribution in [3.63, 3.8) is 0 Å². The number of benzene rings is 1. The highest BCUT2D eigenvalue weighted by atomic mass is 35.5. The van der Waals surface area contributed by atoms with Gasteiger partial charge in [0.15, 0.2) is 0 Å². The van der Waals surface area contributed by atoms with E-state index in [1.165, 1.54) is 82.3 Å². The largest absolute Gasteiger partial charge is 0.328 e. The predicted molar refractivity (Wildman–Crippen MR) is 105 cm³/mol. The van der Waals surface area contributed by atoms with Gasteiger partial charge in [-0.2, -0.15) is 0 Å². The molecule has 0 bridgehead atoms. The molecule has 25 heavy (non-hydrogen) atoms. The van der Waals surface area contributed by atoms with Crippen LogP contribution in [0.1, 0.15) is 63.1 Å². The molecule has 135 valence electrons. The van der Waals surface area contributed by atoms with Crippen LogP contribution < -0.4 is 0 Å². The van der Waals surface area contributed by atoms with E-state index < -0.39 is 0 Å². The standard InChI is InChI=1S/C21H29ClN3/c22-18-10-11-20-19(16-18)23-21(17-8-3-1-4-9-17)25(20)15-7-14-24-12-5-2-6-13-24/h2,10-11,16-17H,1,3-9,12-15H2. The molecule has 1 aromatic carbocycles. The summed E-state index contributed by atoms with van der Waals surface area (Å²) in [4.78, 5) is 7.63. The van der Waals surface area contributed by atoms with Gasteiger partial charge in [-0.05, 0) is 76.4 Å². The number of aromatic nitrogens is 2. The number of fused-ring (bicyclic) bond motifs is 1. The Balaban J connectivity index is 1.53. The monoisotopic (exact) mass is 358 g/mol. The van der Waals surface area contributed by atoms with Gasteiger partial charge in [0.2, 0.25) is 0 Å². The first kappa shape index (κ1) is 17.4. The van der Waals surface area contributed by atoms with Gasteiger partial charge in [0.05, 0.1) is 11.0 Å². The lowest BCUT2D eigenvalue weighted by atomic mass is 9.88. The average molecular weight is 359 g/mol. The van der Waals surface area contributed by atoms with E-state index in [-0.39, 0.29) is 0 Å². The summed E-state index contributed by atoms with van der Waals surface area (Å²) in [6, 6.07) is 6.19. The van der Waals surface area contributed by atoms with Crippen molar-refractivity contribution in [1.82, 2.24) is 14.5 Å². The maximum absolute atomic E-state index is 6.21. The first-order valence-electron chi connectivity index (χ1n) is 10.0. The van der Waals surface area contributed by atoms with Gasteiger partial charge in [0, 0.05) is 17.5 Å². The van der Waals surface area contributed by atoms with E-state index in [0.717, 1.165) is 17.1 Å². The van der Waals surface area contributed by atoms with Gasteiger partial charge in [-0.15, -0.1) is 0 Å². The molecule has 0 unspecified atom stereocenters. The normalized spacial score (nSPS) is 20.4. The number of halogens is 1. The predicted octanol–water partition coefficient (Wildman–Crippen LogP) is 5.43. The zero-order chi connectivity index (χ0) is 17.1. The summed E-state index contributed by atoms with van der Waals surface area (Å²) in [6.07, 6.45) is 12.8. The van der Waals surface area contributed by atoms with E-state index in [9.17, 15) is 0 Å². The van der Waals surface area contributed by atoms with Crippen LogP contribution in [0.25, 0.3) is 11.0 Å². The summed E-state index contributed by atoms with van der Waals surface area (Å²) in [7, 11) is 0. The molecule has 1 aromatic heterocycles. The molecule has 2 fully saturated rings. The maximum atomic E-state index is 6.21. The molecule has 2 aliphatic rings. The molecule has 1 saturated carbocycles. The molecular weight excluding hydrogens is 330 g/mol. The Hall–Kier alpha value is -1.06. The van der Waals surface area contributed by atoms with E-state index in [2.05, 4.69) is 22.0 Å². The number of nitrogens with zero attached hydrogens (tertiary/aromatic N) is 3. The topological polar surface area (TPSA) is 21.1 Å². The lowest BCUT2D eigenvalue weighted by Crippen LogP contribution is -2.31. The molecule has 1 saturated heterocycles. The van der Waals surface area contributed by atoms with Crippen molar-refractivity contribution in [1.29, 1.82) is 0 Å². The second kappa shape index (κ2) is 8.09. The van der Waals surface area contributed by atoms with Crippen LogP contribution in [0, 0.1) is 6.42 Å². The fourth-order valence-corrected chi connectivity index (χ4v) is 4.68. The van der Waals surface area contributed by atoms with E-state index in [1.54, 1.807) is 0 Å². The van der Waals surface area contributed by atoms with Crippen LogP contribution >= 0.6 is 11.6 Å². The average Bonchev–Trinajstić information content (AvgIpc) is 3.01. The Kier molecular flexibility index (Phi) is 5.62. The first-order chi connectivity index (χ1) is 12.3. The Morgan fingerprint density at radius 2 is 1.84 bits per heavy atom. The lowest BCUT2D eigenvalue weighted by molar-refractivity contribution is 0.246. The third-order valence-corrected chi connectivity index (χ3v) is 6.10. The Bertz CT molecular complexity index is 696. The van der Waals surface area contributed by atoms with E-state index >= 15 is 0 Å². The van der Waals surface area contributed by atoms with Gasteiger partial charge in [0.1, 0.15) is 5.82 Å². The van der Waals surface area contributed by atoms with Gasteiger partial charge in [-0.1, -0.05) is 30.9 Å². The zero-order valence-electron chi connectivity index (χ0n) is 15.1. The number of aryl methyl sites for hydroxylation is 1. The molecule has 1 aliphatic carbocycles. The van der Waals surface area contributed by atoms with E-state index in [0.29, 0.717) is 5.92 Å². The minimum Gasteiger partial charge on any atom is -0.328 e. The van der Waals surface area contributed by atoms with Crippen LogP contribution in [-0.2, 0) is 6.54 Å². The van der Waals surface area contributed by atoms with Gasteiger partial charge < -0.3 is 9.47 Å². The van der Waals surface area contributed by atoms with Crippen LogP contribution in [0.3, 0.4) is 0 Å². The van der Waals surface area contributed by atoms with Crippen LogP contribution in [0.4, 0.5) is 0 Å². The zero-order valence-corrected chi connectivity index (χ0v) is 15.8. The molecule has 2 aromatic rings. The SMILES string of the molecule is Clc1ccc2c(c1)nc(C1CCCCC1)n2CCCN1CC[CH]CC1. The number of piperidine rings is 1. The third-order valence-electron chi connectivity index (χ3n) is 5.87. The fourth-order valence-electron chi connectivity index (χ4n) is 4.51. The minimum atomic E-state index is 0.629. The Morgan fingerprint density at radius 1 is 1.04 bits per heavy atom. The Morgan fingerprint density at radius 3 is 2.64 bits per heavy atom. The Labute approximate surface area is 156 Å². The molecule has 0 atom stereocenters. The summed E-state index contributed by atoms with van der Waals surface area (Å²) in [5.74, 6) is 1.94. The van der Waals surface area contributed by atoms with Crippen LogP contribution in [0.2, 0.25) is 5.02 Å². The van der Waals surface area contributed by atoms with Crippen LogP contribution in [0.15, 0.2) is 18.2 Å². The molecule has 2 heterocycles. The van der Waals surface area contributed by atoms with Crippen molar-refractivity contribution >= 4 is 22.6 Å². The summed E-state index contributed by atoms with van der Waals surface area (Å²) in [5.41, 5.74) is 2.33. The summed E-state index contributed by atoms with van der Waals surface area (Å²) in [5, 5.41) is 0.789. The molecule has 4 heteroatoms. The molecule has 1 radical (unpaired) electrons. The van der Waals surface area contributed by atoms with Crippen LogP contribution in [-0.4, -0.2) is 34.1 Å². The van der Waals surface area contributed by atoms with Crippen molar-refractivity contribution in [2.24, 2.45) is 0 Å². The first-order valence-corrected chi connectivity index (χ1v) is 10.4. The highest BCUT2D eigenvalue weighted by Crippen LogP contribution is 2.34. The van der Waals surface area contributed by atoms with Gasteiger partial charge >= 0.3 is 0 Å². The molecular formula is C21H29ClN3. The van der Waals surface area contributed by atoms with Gasteiger partial charge in [0.25, 0.3) is 0 Å². The lowest BCUT2D eigenvalue weighted by Gasteiger charge is -2.27. The highest BCUT2D eigenvalue weighted by Gasteiger charge is 2.22. The second-order valence-electron chi connectivity index (χ2n) is 7.65. The molecule has 1 aliphatic heterocycles. The molecule has 0 amide bonds. The number of rotatable bonds is 5.